The first-order chi connectivity index (χ1) is 7.83. The van der Waals surface area contributed by atoms with E-state index in [-0.39, 0.29) is 11.9 Å². The van der Waals surface area contributed by atoms with Crippen molar-refractivity contribution in [2.24, 2.45) is 0 Å². The molecule has 1 amide bonds. The third-order valence-corrected chi connectivity index (χ3v) is 3.95. The minimum Gasteiger partial charge on any atom is -0.370 e. The lowest BCUT2D eigenvalue weighted by atomic mass is 10.2. The maximum Gasteiger partial charge on any atom is 0.248 e. The monoisotopic (exact) mass is 237 g/mol. The van der Waals surface area contributed by atoms with Gasteiger partial charge >= 0.3 is 0 Å². The molecular formula is C11H15N3OS. The van der Waals surface area contributed by atoms with Crippen LogP contribution in [0.25, 0.3) is 0 Å². The van der Waals surface area contributed by atoms with Crippen molar-refractivity contribution in [1.29, 1.82) is 0 Å². The van der Waals surface area contributed by atoms with Crippen LogP contribution in [0, 0.1) is 0 Å². The number of thiophene rings is 1. The Kier molecular flexibility index (Phi) is 2.57. The number of rotatable bonds is 2. The Labute approximate surface area is 98.6 Å². The molecule has 1 fully saturated rings. The third kappa shape index (κ3) is 1.81. The standard InChI is InChI=1S/C11H15N3OS/c15-11-8(5-14-3-1-2-4-14)12-9-6-16-7-10(9)13-11/h6-8,12H,1-5H2,(H,13,15). The second-order valence-electron chi connectivity index (χ2n) is 4.39. The van der Waals surface area contributed by atoms with Crippen molar-refractivity contribution in [3.05, 3.63) is 10.8 Å². The summed E-state index contributed by atoms with van der Waals surface area (Å²) in [6, 6.07) is -0.0970. The van der Waals surface area contributed by atoms with Gasteiger partial charge in [-0.15, -0.1) is 11.3 Å². The van der Waals surface area contributed by atoms with Crippen molar-refractivity contribution >= 4 is 28.6 Å². The van der Waals surface area contributed by atoms with E-state index in [0.29, 0.717) is 0 Å². The van der Waals surface area contributed by atoms with Crippen LogP contribution >= 0.6 is 11.3 Å². The fourth-order valence-electron chi connectivity index (χ4n) is 2.33. The molecule has 1 unspecified atom stereocenters. The van der Waals surface area contributed by atoms with Crippen LogP contribution in [0.4, 0.5) is 11.4 Å². The largest absolute Gasteiger partial charge is 0.370 e. The van der Waals surface area contributed by atoms with Crippen LogP contribution < -0.4 is 10.6 Å². The second kappa shape index (κ2) is 4.07. The Balaban J connectivity index is 1.70. The third-order valence-electron chi connectivity index (χ3n) is 3.21. The number of nitrogens with zero attached hydrogens (tertiary/aromatic N) is 1. The summed E-state index contributed by atoms with van der Waals surface area (Å²) in [5.41, 5.74) is 1.99. The van der Waals surface area contributed by atoms with Gasteiger partial charge in [-0.25, -0.2) is 0 Å². The first-order valence-electron chi connectivity index (χ1n) is 5.69. The first kappa shape index (κ1) is 10.1. The number of carbonyl (C=O) groups excluding carboxylic acids is 1. The minimum absolute atomic E-state index is 0.0952. The van der Waals surface area contributed by atoms with E-state index >= 15 is 0 Å². The van der Waals surface area contributed by atoms with E-state index in [1.165, 1.54) is 12.8 Å². The molecule has 86 valence electrons. The lowest BCUT2D eigenvalue weighted by molar-refractivity contribution is -0.117. The van der Waals surface area contributed by atoms with Crippen LogP contribution in [0.15, 0.2) is 10.8 Å². The highest BCUT2D eigenvalue weighted by Gasteiger charge is 2.28. The van der Waals surface area contributed by atoms with Crippen molar-refractivity contribution in [3.8, 4) is 0 Å². The molecule has 1 saturated heterocycles. The highest BCUT2D eigenvalue weighted by molar-refractivity contribution is 7.09. The molecule has 3 heterocycles. The molecule has 0 aliphatic carbocycles. The van der Waals surface area contributed by atoms with Gasteiger partial charge in [0.1, 0.15) is 6.04 Å². The summed E-state index contributed by atoms with van der Waals surface area (Å²) in [5, 5.41) is 10.3. The predicted molar refractivity (Wildman–Crippen MR) is 66.0 cm³/mol. The van der Waals surface area contributed by atoms with Crippen LogP contribution in [0.2, 0.25) is 0 Å². The van der Waals surface area contributed by atoms with Crippen LogP contribution in [0.5, 0.6) is 0 Å². The number of carbonyl (C=O) groups is 1. The first-order valence-corrected chi connectivity index (χ1v) is 6.63. The summed E-state index contributed by atoms with van der Waals surface area (Å²) >= 11 is 1.61. The topological polar surface area (TPSA) is 44.4 Å². The zero-order valence-corrected chi connectivity index (χ0v) is 9.85. The number of hydrogen-bond acceptors (Lipinski definition) is 4. The quantitative estimate of drug-likeness (QED) is 0.820. The molecule has 4 nitrogen and oxygen atoms in total. The van der Waals surface area contributed by atoms with E-state index in [1.807, 2.05) is 10.8 Å². The summed E-state index contributed by atoms with van der Waals surface area (Å²) in [5.74, 6) is 0.0952. The molecule has 5 heteroatoms. The summed E-state index contributed by atoms with van der Waals surface area (Å²) < 4.78 is 0. The summed E-state index contributed by atoms with van der Waals surface area (Å²) in [4.78, 5) is 14.2. The Bertz CT molecular complexity index is 398. The Hall–Kier alpha value is -1.07. The van der Waals surface area contributed by atoms with Gasteiger partial charge in [0.05, 0.1) is 11.4 Å². The zero-order valence-electron chi connectivity index (χ0n) is 9.03. The second-order valence-corrected chi connectivity index (χ2v) is 5.14. The zero-order chi connectivity index (χ0) is 11.0. The van der Waals surface area contributed by atoms with Crippen molar-refractivity contribution in [3.63, 3.8) is 0 Å². The molecule has 0 radical (unpaired) electrons. The molecule has 3 rings (SSSR count). The number of amides is 1. The number of fused-ring (bicyclic) bond motifs is 1. The van der Waals surface area contributed by atoms with Gasteiger partial charge in [0.15, 0.2) is 0 Å². The molecule has 1 atom stereocenters. The predicted octanol–water partition coefficient (Wildman–Crippen LogP) is 1.58. The summed E-state index contributed by atoms with van der Waals surface area (Å²) in [7, 11) is 0. The van der Waals surface area contributed by atoms with E-state index < -0.39 is 0 Å². The molecule has 0 aromatic carbocycles. The highest BCUT2D eigenvalue weighted by Crippen LogP contribution is 2.30. The summed E-state index contributed by atoms with van der Waals surface area (Å²) in [6.45, 7) is 3.07. The molecule has 2 aliphatic heterocycles. The van der Waals surface area contributed by atoms with E-state index in [0.717, 1.165) is 31.0 Å². The number of hydrogen-bond donors (Lipinski definition) is 2. The lowest BCUT2D eigenvalue weighted by Crippen LogP contribution is -2.45. The van der Waals surface area contributed by atoms with Gasteiger partial charge < -0.3 is 15.5 Å². The van der Waals surface area contributed by atoms with Gasteiger partial charge in [-0.3, -0.25) is 4.79 Å². The smallest absolute Gasteiger partial charge is 0.248 e. The van der Waals surface area contributed by atoms with Crippen molar-refractivity contribution in [1.82, 2.24) is 4.90 Å². The Morgan fingerprint density at radius 2 is 2.06 bits per heavy atom. The average Bonchev–Trinajstić information content (AvgIpc) is 2.89. The number of anilines is 2. The molecule has 1 aromatic rings. The molecule has 2 N–H and O–H groups in total. The fourth-order valence-corrected chi connectivity index (χ4v) is 3.05. The highest BCUT2D eigenvalue weighted by atomic mass is 32.1. The maximum atomic E-state index is 11.8. The normalized spacial score (nSPS) is 25.0. The SMILES string of the molecule is O=C1Nc2cscc2NC1CN1CCCC1. The van der Waals surface area contributed by atoms with Crippen molar-refractivity contribution in [2.45, 2.75) is 18.9 Å². The van der Waals surface area contributed by atoms with Gasteiger partial charge in [0.25, 0.3) is 0 Å². The van der Waals surface area contributed by atoms with E-state index in [2.05, 4.69) is 15.5 Å². The van der Waals surface area contributed by atoms with Gasteiger partial charge in [0.2, 0.25) is 5.91 Å². The number of likely N-dealkylation sites (tertiary alicyclic amines) is 1. The minimum atomic E-state index is -0.0970. The lowest BCUT2D eigenvalue weighted by Gasteiger charge is -2.28. The Morgan fingerprint density at radius 3 is 2.88 bits per heavy atom. The molecule has 0 spiro atoms. The fraction of sp³-hybridized carbons (Fsp3) is 0.545. The van der Waals surface area contributed by atoms with Gasteiger partial charge in [0, 0.05) is 17.3 Å². The molecular weight excluding hydrogens is 222 g/mol. The van der Waals surface area contributed by atoms with Gasteiger partial charge in [-0.05, 0) is 25.9 Å². The van der Waals surface area contributed by atoms with Crippen LogP contribution in [-0.4, -0.2) is 36.5 Å². The van der Waals surface area contributed by atoms with Crippen molar-refractivity contribution < 1.29 is 4.79 Å². The molecule has 1 aromatic heterocycles. The van der Waals surface area contributed by atoms with E-state index in [4.69, 9.17) is 0 Å². The van der Waals surface area contributed by atoms with Crippen LogP contribution in [0.3, 0.4) is 0 Å². The number of nitrogens with one attached hydrogen (secondary N) is 2. The van der Waals surface area contributed by atoms with Gasteiger partial charge in [-0.2, -0.15) is 0 Å². The van der Waals surface area contributed by atoms with Gasteiger partial charge in [-0.1, -0.05) is 0 Å². The van der Waals surface area contributed by atoms with E-state index in [9.17, 15) is 4.79 Å². The average molecular weight is 237 g/mol. The molecule has 0 saturated carbocycles. The van der Waals surface area contributed by atoms with Crippen molar-refractivity contribution in [2.75, 3.05) is 30.3 Å². The van der Waals surface area contributed by atoms with Crippen LogP contribution in [-0.2, 0) is 4.79 Å². The summed E-state index contributed by atoms with van der Waals surface area (Å²) in [6.07, 6.45) is 2.52. The van der Waals surface area contributed by atoms with E-state index in [1.54, 1.807) is 11.3 Å². The molecule has 0 bridgehead atoms. The van der Waals surface area contributed by atoms with Crippen LogP contribution in [0.1, 0.15) is 12.8 Å². The molecule has 2 aliphatic rings. The maximum absolute atomic E-state index is 11.8. The Morgan fingerprint density at radius 1 is 1.31 bits per heavy atom. The molecule has 16 heavy (non-hydrogen) atoms.